The topological polar surface area (TPSA) is 9.23 Å². The highest BCUT2D eigenvalue weighted by Gasteiger charge is 2.38. The van der Waals surface area contributed by atoms with Crippen molar-refractivity contribution in [3.8, 4) is 16.9 Å². The minimum absolute atomic E-state index is 0.129. The smallest absolute Gasteiger partial charge is 0.426 e. The molecular weight excluding hydrogens is 413 g/mol. The fourth-order valence-electron chi connectivity index (χ4n) is 2.87. The molecule has 0 saturated heterocycles. The van der Waals surface area contributed by atoms with Crippen LogP contribution in [0.15, 0.2) is 60.7 Å². The second-order valence-electron chi connectivity index (χ2n) is 6.51. The number of aryl methyl sites for hydroxylation is 1. The lowest BCUT2D eigenvalue weighted by Crippen LogP contribution is -2.21. The summed E-state index contributed by atoms with van der Waals surface area (Å²) in [4.78, 5) is 0. The van der Waals surface area contributed by atoms with Gasteiger partial charge in [-0.05, 0) is 59.5 Å². The van der Waals surface area contributed by atoms with Gasteiger partial charge >= 0.3 is 12.3 Å². The summed E-state index contributed by atoms with van der Waals surface area (Å²) in [5.74, 6) is -3.75. The van der Waals surface area contributed by atoms with Crippen LogP contribution in [0, 0.1) is 11.6 Å². The average Bonchev–Trinajstić information content (AvgIpc) is 2.66. The molecule has 3 aromatic rings. The maximum atomic E-state index is 14.3. The van der Waals surface area contributed by atoms with Crippen LogP contribution in [0.5, 0.6) is 5.75 Å². The highest BCUT2D eigenvalue weighted by molar-refractivity contribution is 5.65. The van der Waals surface area contributed by atoms with Crippen molar-refractivity contribution < 1.29 is 35.5 Å². The lowest BCUT2D eigenvalue weighted by Gasteiger charge is -2.19. The van der Waals surface area contributed by atoms with Gasteiger partial charge in [-0.3, -0.25) is 0 Å². The van der Waals surface area contributed by atoms with Crippen molar-refractivity contribution in [1.29, 1.82) is 0 Å². The molecule has 0 unspecified atom stereocenters. The molecular formula is C22H15F7O. The van der Waals surface area contributed by atoms with Crippen molar-refractivity contribution in [2.45, 2.75) is 25.6 Å². The van der Waals surface area contributed by atoms with Crippen LogP contribution in [0.25, 0.3) is 11.1 Å². The molecule has 8 heteroatoms. The van der Waals surface area contributed by atoms with Gasteiger partial charge < -0.3 is 4.74 Å². The van der Waals surface area contributed by atoms with E-state index >= 15 is 0 Å². The largest absolute Gasteiger partial charge is 0.429 e. The third kappa shape index (κ3) is 4.58. The van der Waals surface area contributed by atoms with Crippen LogP contribution in [0.2, 0.25) is 0 Å². The maximum Gasteiger partial charge on any atom is 0.426 e. The first-order valence-corrected chi connectivity index (χ1v) is 8.84. The Morgan fingerprint density at radius 2 is 1.27 bits per heavy atom. The Morgan fingerprint density at radius 1 is 0.733 bits per heavy atom. The molecule has 30 heavy (non-hydrogen) atoms. The number of ether oxygens (including phenoxy) is 1. The minimum Gasteiger partial charge on any atom is -0.429 e. The summed E-state index contributed by atoms with van der Waals surface area (Å²) in [7, 11) is 0. The SMILES string of the molecule is CCc1ccc(C(F)(F)Oc2ccc(-c3cc(F)c(C(F)(F)F)c(F)c3)cc2)cc1. The van der Waals surface area contributed by atoms with Gasteiger partial charge in [0.2, 0.25) is 0 Å². The zero-order valence-electron chi connectivity index (χ0n) is 15.5. The highest BCUT2D eigenvalue weighted by atomic mass is 19.4. The number of halogens is 7. The summed E-state index contributed by atoms with van der Waals surface area (Å²) >= 11 is 0. The zero-order chi connectivity index (χ0) is 22.1. The van der Waals surface area contributed by atoms with Gasteiger partial charge in [-0.2, -0.15) is 22.0 Å². The number of alkyl halides is 5. The lowest BCUT2D eigenvalue weighted by atomic mass is 10.0. The average molecular weight is 428 g/mol. The Hall–Kier alpha value is -3.03. The van der Waals surface area contributed by atoms with Crippen LogP contribution in [0.3, 0.4) is 0 Å². The molecule has 0 amide bonds. The number of hydrogen-bond donors (Lipinski definition) is 0. The van der Waals surface area contributed by atoms with E-state index in [9.17, 15) is 30.7 Å². The Balaban J connectivity index is 1.82. The number of hydrogen-bond acceptors (Lipinski definition) is 1. The van der Waals surface area contributed by atoms with Gasteiger partial charge in [0, 0.05) is 0 Å². The molecule has 0 saturated carbocycles. The third-order valence-electron chi connectivity index (χ3n) is 4.46. The van der Waals surface area contributed by atoms with Crippen molar-refractivity contribution in [1.82, 2.24) is 0 Å². The summed E-state index contributed by atoms with van der Waals surface area (Å²) < 4.78 is 98.9. The minimum atomic E-state index is -5.18. The third-order valence-corrected chi connectivity index (χ3v) is 4.46. The van der Waals surface area contributed by atoms with Crippen molar-refractivity contribution >= 4 is 0 Å². The van der Waals surface area contributed by atoms with E-state index in [1.165, 1.54) is 24.3 Å². The molecule has 0 aromatic heterocycles. The predicted molar refractivity (Wildman–Crippen MR) is 97.1 cm³/mol. The molecule has 1 nitrogen and oxygen atoms in total. The van der Waals surface area contributed by atoms with E-state index in [0.29, 0.717) is 18.6 Å². The number of rotatable bonds is 5. The Labute approximate surface area is 167 Å². The summed E-state index contributed by atoms with van der Waals surface area (Å²) in [6, 6.07) is 11.4. The predicted octanol–water partition coefficient (Wildman–Crippen LogP) is 7.34. The molecule has 0 heterocycles. The summed E-state index contributed by atoms with van der Waals surface area (Å²) in [5.41, 5.74) is -1.50. The summed E-state index contributed by atoms with van der Waals surface area (Å²) in [5, 5.41) is 0. The standard InChI is InChI=1S/C22H15F7O/c1-2-13-3-7-16(8-4-13)22(28,29)30-17-9-5-14(6-10-17)15-11-18(23)20(19(24)12-15)21(25,26)27/h3-12H,2H2,1H3. The second-order valence-corrected chi connectivity index (χ2v) is 6.51. The molecule has 0 radical (unpaired) electrons. The van der Waals surface area contributed by atoms with E-state index in [0.717, 1.165) is 17.7 Å². The van der Waals surface area contributed by atoms with Gasteiger partial charge in [-0.25, -0.2) is 8.78 Å². The first-order valence-electron chi connectivity index (χ1n) is 8.84. The van der Waals surface area contributed by atoms with Crippen molar-refractivity contribution in [2.24, 2.45) is 0 Å². The molecule has 158 valence electrons. The van der Waals surface area contributed by atoms with Crippen LogP contribution in [0.4, 0.5) is 30.7 Å². The van der Waals surface area contributed by atoms with E-state index in [2.05, 4.69) is 0 Å². The Kier molecular flexibility index (Phi) is 5.78. The van der Waals surface area contributed by atoms with Crippen LogP contribution in [-0.4, -0.2) is 0 Å². The number of benzene rings is 3. The molecule has 3 rings (SSSR count). The van der Waals surface area contributed by atoms with Crippen LogP contribution in [0.1, 0.15) is 23.6 Å². The van der Waals surface area contributed by atoms with Gasteiger partial charge in [0.05, 0.1) is 5.56 Å². The Morgan fingerprint density at radius 3 is 1.73 bits per heavy atom. The molecule has 0 aliphatic carbocycles. The monoisotopic (exact) mass is 428 g/mol. The van der Waals surface area contributed by atoms with Crippen molar-refractivity contribution in [3.05, 3.63) is 89.0 Å². The van der Waals surface area contributed by atoms with Gasteiger partial charge in [0.15, 0.2) is 0 Å². The molecule has 0 fully saturated rings. The molecule has 0 N–H and O–H groups in total. The highest BCUT2D eigenvalue weighted by Crippen LogP contribution is 2.37. The first-order chi connectivity index (χ1) is 14.0. The molecule has 0 aliphatic heterocycles. The van der Waals surface area contributed by atoms with Gasteiger partial charge in [0.1, 0.15) is 22.9 Å². The second kappa shape index (κ2) is 8.01. The zero-order valence-corrected chi connectivity index (χ0v) is 15.5. The fourth-order valence-corrected chi connectivity index (χ4v) is 2.87. The van der Waals surface area contributed by atoms with Crippen molar-refractivity contribution in [3.63, 3.8) is 0 Å². The molecule has 0 aliphatic rings. The van der Waals surface area contributed by atoms with Crippen LogP contribution < -0.4 is 4.74 Å². The molecule has 0 spiro atoms. The lowest BCUT2D eigenvalue weighted by molar-refractivity contribution is -0.185. The maximum absolute atomic E-state index is 14.3. The first kappa shape index (κ1) is 21.7. The quantitative estimate of drug-likeness (QED) is 0.386. The summed E-state index contributed by atoms with van der Waals surface area (Å²) in [6.07, 6.45) is -8.11. The van der Waals surface area contributed by atoms with Gasteiger partial charge in [-0.15, -0.1) is 0 Å². The molecule has 0 bridgehead atoms. The van der Waals surface area contributed by atoms with E-state index in [4.69, 9.17) is 4.74 Å². The van der Waals surface area contributed by atoms with Gasteiger partial charge in [-0.1, -0.05) is 31.2 Å². The normalized spacial score (nSPS) is 12.1. The van der Waals surface area contributed by atoms with Crippen molar-refractivity contribution in [2.75, 3.05) is 0 Å². The van der Waals surface area contributed by atoms with E-state index in [-0.39, 0.29) is 22.4 Å². The van der Waals surface area contributed by atoms with Crippen LogP contribution >= 0.6 is 0 Å². The fraction of sp³-hybridized carbons (Fsp3) is 0.182. The molecule has 0 atom stereocenters. The van der Waals surface area contributed by atoms with Crippen LogP contribution in [-0.2, 0) is 18.7 Å². The van der Waals surface area contributed by atoms with E-state index in [1.54, 1.807) is 12.1 Å². The van der Waals surface area contributed by atoms with E-state index in [1.807, 2.05) is 6.92 Å². The Bertz CT molecular complexity index is 1000. The van der Waals surface area contributed by atoms with Gasteiger partial charge in [0.25, 0.3) is 0 Å². The summed E-state index contributed by atoms with van der Waals surface area (Å²) in [6.45, 7) is 1.89. The van der Waals surface area contributed by atoms with E-state index < -0.39 is 29.5 Å². The molecule has 3 aromatic carbocycles.